The molecule has 2 heterocycles. The van der Waals surface area contributed by atoms with E-state index in [1.54, 1.807) is 24.3 Å². The van der Waals surface area contributed by atoms with Crippen LogP contribution in [-0.2, 0) is 13.0 Å². The van der Waals surface area contributed by atoms with Crippen LogP contribution in [0.3, 0.4) is 0 Å². The minimum atomic E-state index is 0.0389. The maximum atomic E-state index is 12.7. The number of benzene rings is 2. The third kappa shape index (κ3) is 3.16. The number of fused-ring (bicyclic) bond motifs is 1. The van der Waals surface area contributed by atoms with Crippen molar-refractivity contribution in [1.29, 1.82) is 5.26 Å². The number of nitriles is 1. The standard InChI is InChI=1S/C21H21N3O/c22-13-16-4-3-7-18(12-16)21(25)24-11-9-20(15-24)23-10-8-17-5-1-2-6-19(17)14-23/h1-7,12,20H,8-11,14-15H2/t20-/m0/s1. The molecule has 0 aromatic heterocycles. The van der Waals surface area contributed by atoms with Gasteiger partial charge in [-0.2, -0.15) is 5.26 Å². The number of likely N-dealkylation sites (tertiary alicyclic amines) is 1. The van der Waals surface area contributed by atoms with Gasteiger partial charge in [0.05, 0.1) is 11.6 Å². The average Bonchev–Trinajstić information content (AvgIpc) is 3.17. The summed E-state index contributed by atoms with van der Waals surface area (Å²) < 4.78 is 0. The SMILES string of the molecule is N#Cc1cccc(C(=O)N2CC[C@H](N3CCc4ccccc4C3)C2)c1. The first-order valence-electron chi connectivity index (χ1n) is 8.85. The zero-order valence-electron chi connectivity index (χ0n) is 14.2. The fourth-order valence-corrected chi connectivity index (χ4v) is 3.96. The van der Waals surface area contributed by atoms with Gasteiger partial charge in [-0.15, -0.1) is 0 Å². The van der Waals surface area contributed by atoms with Gasteiger partial charge in [0.1, 0.15) is 0 Å². The molecule has 0 unspecified atom stereocenters. The summed E-state index contributed by atoms with van der Waals surface area (Å²) in [5.74, 6) is 0.0389. The maximum Gasteiger partial charge on any atom is 0.253 e. The molecule has 25 heavy (non-hydrogen) atoms. The molecule has 1 atom stereocenters. The van der Waals surface area contributed by atoms with E-state index in [0.717, 1.165) is 39.0 Å². The second-order valence-electron chi connectivity index (χ2n) is 6.88. The first kappa shape index (κ1) is 15.9. The lowest BCUT2D eigenvalue weighted by Crippen LogP contribution is -2.41. The highest BCUT2D eigenvalue weighted by Gasteiger charge is 2.32. The smallest absolute Gasteiger partial charge is 0.253 e. The van der Waals surface area contributed by atoms with Crippen LogP contribution in [0, 0.1) is 11.3 Å². The van der Waals surface area contributed by atoms with E-state index in [2.05, 4.69) is 35.2 Å². The van der Waals surface area contributed by atoms with Crippen LogP contribution in [0.2, 0.25) is 0 Å². The van der Waals surface area contributed by atoms with Gasteiger partial charge in [-0.1, -0.05) is 30.3 Å². The van der Waals surface area contributed by atoms with E-state index < -0.39 is 0 Å². The van der Waals surface area contributed by atoms with Crippen LogP contribution >= 0.6 is 0 Å². The molecule has 0 bridgehead atoms. The molecule has 2 aromatic rings. The molecule has 2 aliphatic heterocycles. The summed E-state index contributed by atoms with van der Waals surface area (Å²) in [7, 11) is 0. The van der Waals surface area contributed by atoms with E-state index in [-0.39, 0.29) is 5.91 Å². The normalized spacial score (nSPS) is 20.1. The molecule has 0 spiro atoms. The quantitative estimate of drug-likeness (QED) is 0.850. The van der Waals surface area contributed by atoms with Crippen LogP contribution in [0.5, 0.6) is 0 Å². The zero-order valence-corrected chi connectivity index (χ0v) is 14.2. The summed E-state index contributed by atoms with van der Waals surface area (Å²) in [6.45, 7) is 3.61. The van der Waals surface area contributed by atoms with E-state index in [9.17, 15) is 4.79 Å². The molecule has 0 radical (unpaired) electrons. The van der Waals surface area contributed by atoms with Crippen molar-refractivity contribution in [1.82, 2.24) is 9.80 Å². The van der Waals surface area contributed by atoms with E-state index in [4.69, 9.17) is 5.26 Å². The Kier molecular flexibility index (Phi) is 4.25. The molecule has 126 valence electrons. The number of hydrogen-bond donors (Lipinski definition) is 0. The Bertz CT molecular complexity index is 839. The Morgan fingerprint density at radius 3 is 2.76 bits per heavy atom. The maximum absolute atomic E-state index is 12.7. The number of rotatable bonds is 2. The molecule has 0 saturated carbocycles. The monoisotopic (exact) mass is 331 g/mol. The molecule has 4 nitrogen and oxygen atoms in total. The lowest BCUT2D eigenvalue weighted by atomic mass is 9.98. The van der Waals surface area contributed by atoms with Gasteiger partial charge in [0.15, 0.2) is 0 Å². The van der Waals surface area contributed by atoms with Crippen molar-refractivity contribution in [2.24, 2.45) is 0 Å². The van der Waals surface area contributed by atoms with Gasteiger partial charge in [0, 0.05) is 37.8 Å². The summed E-state index contributed by atoms with van der Waals surface area (Å²) in [5, 5.41) is 9.02. The molecule has 0 aliphatic carbocycles. The third-order valence-corrected chi connectivity index (χ3v) is 5.37. The highest BCUT2D eigenvalue weighted by molar-refractivity contribution is 5.94. The van der Waals surface area contributed by atoms with E-state index in [0.29, 0.717) is 17.2 Å². The van der Waals surface area contributed by atoms with Crippen molar-refractivity contribution in [3.63, 3.8) is 0 Å². The topological polar surface area (TPSA) is 47.3 Å². The van der Waals surface area contributed by atoms with Crippen molar-refractivity contribution in [3.8, 4) is 6.07 Å². The minimum Gasteiger partial charge on any atom is -0.337 e. The number of carbonyl (C=O) groups is 1. The van der Waals surface area contributed by atoms with E-state index in [1.807, 2.05) is 4.90 Å². The van der Waals surface area contributed by atoms with Crippen LogP contribution in [-0.4, -0.2) is 41.4 Å². The van der Waals surface area contributed by atoms with Gasteiger partial charge in [-0.05, 0) is 42.2 Å². The Labute approximate surface area is 148 Å². The predicted octanol–water partition coefficient (Wildman–Crippen LogP) is 2.83. The Balaban J connectivity index is 1.43. The number of carbonyl (C=O) groups excluding carboxylic acids is 1. The van der Waals surface area contributed by atoms with Gasteiger partial charge in [0.2, 0.25) is 0 Å². The highest BCUT2D eigenvalue weighted by atomic mass is 16.2. The molecule has 1 saturated heterocycles. The summed E-state index contributed by atoms with van der Waals surface area (Å²) in [6, 6.07) is 18.2. The number of amides is 1. The Morgan fingerprint density at radius 2 is 1.92 bits per heavy atom. The minimum absolute atomic E-state index is 0.0389. The molecular formula is C21H21N3O. The van der Waals surface area contributed by atoms with Crippen LogP contribution in [0.25, 0.3) is 0 Å². The summed E-state index contributed by atoms with van der Waals surface area (Å²) >= 11 is 0. The van der Waals surface area contributed by atoms with Crippen molar-refractivity contribution < 1.29 is 4.79 Å². The van der Waals surface area contributed by atoms with Crippen molar-refractivity contribution in [2.45, 2.75) is 25.4 Å². The highest BCUT2D eigenvalue weighted by Crippen LogP contribution is 2.25. The molecule has 1 amide bonds. The summed E-state index contributed by atoms with van der Waals surface area (Å²) in [5.41, 5.74) is 4.02. The van der Waals surface area contributed by atoms with Crippen LogP contribution in [0.15, 0.2) is 48.5 Å². The average molecular weight is 331 g/mol. The fourth-order valence-electron chi connectivity index (χ4n) is 3.96. The first-order chi connectivity index (χ1) is 12.2. The Hall–Kier alpha value is -2.64. The van der Waals surface area contributed by atoms with Crippen LogP contribution < -0.4 is 0 Å². The van der Waals surface area contributed by atoms with Crippen LogP contribution in [0.1, 0.15) is 33.5 Å². The fraction of sp³-hybridized carbons (Fsp3) is 0.333. The molecule has 2 aliphatic rings. The largest absolute Gasteiger partial charge is 0.337 e. The number of nitrogens with zero attached hydrogens (tertiary/aromatic N) is 3. The van der Waals surface area contributed by atoms with Crippen molar-refractivity contribution in [3.05, 3.63) is 70.8 Å². The van der Waals surface area contributed by atoms with Crippen LogP contribution in [0.4, 0.5) is 0 Å². The van der Waals surface area contributed by atoms with E-state index >= 15 is 0 Å². The molecule has 2 aromatic carbocycles. The van der Waals surface area contributed by atoms with Gasteiger partial charge in [0.25, 0.3) is 5.91 Å². The molecular weight excluding hydrogens is 310 g/mol. The van der Waals surface area contributed by atoms with Gasteiger partial charge < -0.3 is 4.90 Å². The zero-order chi connectivity index (χ0) is 17.2. The second kappa shape index (κ2) is 6.70. The Morgan fingerprint density at radius 1 is 1.08 bits per heavy atom. The molecule has 0 N–H and O–H groups in total. The summed E-state index contributed by atoms with van der Waals surface area (Å²) in [6.07, 6.45) is 2.11. The lowest BCUT2D eigenvalue weighted by Gasteiger charge is -2.33. The van der Waals surface area contributed by atoms with E-state index in [1.165, 1.54) is 11.1 Å². The van der Waals surface area contributed by atoms with Gasteiger partial charge >= 0.3 is 0 Å². The van der Waals surface area contributed by atoms with Gasteiger partial charge in [-0.25, -0.2) is 0 Å². The third-order valence-electron chi connectivity index (χ3n) is 5.37. The van der Waals surface area contributed by atoms with Crippen molar-refractivity contribution >= 4 is 5.91 Å². The number of hydrogen-bond acceptors (Lipinski definition) is 3. The summed E-state index contributed by atoms with van der Waals surface area (Å²) in [4.78, 5) is 17.2. The molecule has 4 heteroatoms. The lowest BCUT2D eigenvalue weighted by molar-refractivity contribution is 0.0773. The first-order valence-corrected chi connectivity index (χ1v) is 8.85. The predicted molar refractivity (Wildman–Crippen MR) is 96.0 cm³/mol. The van der Waals surface area contributed by atoms with Gasteiger partial charge in [-0.3, -0.25) is 9.69 Å². The second-order valence-corrected chi connectivity index (χ2v) is 6.88. The van der Waals surface area contributed by atoms with Crippen molar-refractivity contribution in [2.75, 3.05) is 19.6 Å². The molecule has 1 fully saturated rings. The molecule has 4 rings (SSSR count).